The van der Waals surface area contributed by atoms with Crippen LogP contribution in [0.3, 0.4) is 0 Å². The second-order valence-electron chi connectivity index (χ2n) is 3.38. The average molecular weight is 303 g/mol. The van der Waals surface area contributed by atoms with Crippen LogP contribution in [0.5, 0.6) is 0 Å². The lowest BCUT2D eigenvalue weighted by Crippen LogP contribution is -2.04. The van der Waals surface area contributed by atoms with E-state index in [0.29, 0.717) is 26.4 Å². The number of hydrogen-bond acceptors (Lipinski definition) is 5. The lowest BCUT2D eigenvalue weighted by atomic mass is 10.3. The van der Waals surface area contributed by atoms with Crippen LogP contribution in [0.4, 0.5) is 0 Å². The molecule has 0 aliphatic heterocycles. The van der Waals surface area contributed by atoms with E-state index in [9.17, 15) is 4.79 Å². The van der Waals surface area contributed by atoms with Crippen LogP contribution in [0.25, 0.3) is 10.7 Å². The van der Waals surface area contributed by atoms with Crippen molar-refractivity contribution in [2.24, 2.45) is 0 Å². The summed E-state index contributed by atoms with van der Waals surface area (Å²) in [4.78, 5) is 19.5. The van der Waals surface area contributed by atoms with Gasteiger partial charge in [-0.25, -0.2) is 4.98 Å². The van der Waals surface area contributed by atoms with Gasteiger partial charge >= 0.3 is 5.97 Å². The molecule has 2 heterocycles. The Morgan fingerprint density at radius 1 is 1.50 bits per heavy atom. The molecule has 7 heteroatoms. The molecule has 18 heavy (non-hydrogen) atoms. The molecule has 2 aromatic heterocycles. The smallest absolute Gasteiger partial charge is 0.311 e. The van der Waals surface area contributed by atoms with Crippen molar-refractivity contribution in [2.45, 2.75) is 6.42 Å². The van der Waals surface area contributed by atoms with Gasteiger partial charge in [-0.2, -0.15) is 0 Å². The molecule has 0 aliphatic rings. The summed E-state index contributed by atoms with van der Waals surface area (Å²) in [6.07, 6.45) is 1.64. The van der Waals surface area contributed by atoms with Crippen LogP contribution >= 0.6 is 34.5 Å². The highest BCUT2D eigenvalue weighted by atomic mass is 35.5. The average Bonchev–Trinajstić information content (AvgIpc) is 2.77. The summed E-state index contributed by atoms with van der Waals surface area (Å²) in [5.41, 5.74) is 1.19. The molecule has 0 spiro atoms. The molecule has 0 bridgehead atoms. The number of pyridine rings is 1. The molecule has 2 aromatic rings. The maximum atomic E-state index is 11.1. The number of ether oxygens (including phenoxy) is 1. The van der Waals surface area contributed by atoms with Crippen molar-refractivity contribution in [3.63, 3.8) is 0 Å². The molecule has 0 saturated heterocycles. The highest BCUT2D eigenvalue weighted by Gasteiger charge is 2.12. The highest BCUT2D eigenvalue weighted by molar-refractivity contribution is 7.13. The Morgan fingerprint density at radius 2 is 2.28 bits per heavy atom. The number of thiazole rings is 1. The first-order chi connectivity index (χ1) is 8.60. The summed E-state index contributed by atoms with van der Waals surface area (Å²) < 4.78 is 4.58. The van der Waals surface area contributed by atoms with E-state index in [1.165, 1.54) is 24.6 Å². The molecule has 0 unspecified atom stereocenters. The minimum Gasteiger partial charge on any atom is -0.469 e. The van der Waals surface area contributed by atoms with Crippen LogP contribution in [0.1, 0.15) is 5.69 Å². The molecule has 0 radical (unpaired) electrons. The summed E-state index contributed by atoms with van der Waals surface area (Å²) in [5, 5.41) is 3.32. The Hall–Kier alpha value is -1.17. The van der Waals surface area contributed by atoms with Crippen molar-refractivity contribution in [2.75, 3.05) is 7.11 Å². The van der Waals surface area contributed by atoms with Crippen molar-refractivity contribution in [3.8, 4) is 10.7 Å². The largest absolute Gasteiger partial charge is 0.469 e. The first-order valence-corrected chi connectivity index (χ1v) is 6.56. The van der Waals surface area contributed by atoms with Gasteiger partial charge in [0.2, 0.25) is 0 Å². The Morgan fingerprint density at radius 3 is 2.94 bits per heavy atom. The Kier molecular flexibility index (Phi) is 4.16. The number of hydrogen-bond donors (Lipinski definition) is 0. The third-order valence-corrected chi connectivity index (χ3v) is 3.51. The zero-order valence-electron chi connectivity index (χ0n) is 9.31. The number of carbonyl (C=O) groups is 1. The summed E-state index contributed by atoms with van der Waals surface area (Å²) in [7, 11) is 1.34. The third kappa shape index (κ3) is 2.98. The normalized spacial score (nSPS) is 10.4. The molecule has 0 aromatic carbocycles. The predicted molar refractivity (Wildman–Crippen MR) is 71.1 cm³/mol. The summed E-state index contributed by atoms with van der Waals surface area (Å²) >= 11 is 13.2. The highest BCUT2D eigenvalue weighted by Crippen LogP contribution is 2.30. The van der Waals surface area contributed by atoms with Crippen molar-refractivity contribution in [3.05, 3.63) is 33.4 Å². The molecule has 0 N–H and O–H groups in total. The summed E-state index contributed by atoms with van der Waals surface area (Å²) in [6.45, 7) is 0. The minimum atomic E-state index is -0.331. The van der Waals surface area contributed by atoms with Gasteiger partial charge in [0.05, 0.1) is 29.3 Å². The van der Waals surface area contributed by atoms with E-state index in [-0.39, 0.29) is 12.4 Å². The van der Waals surface area contributed by atoms with E-state index in [4.69, 9.17) is 23.2 Å². The second kappa shape index (κ2) is 5.65. The number of rotatable bonds is 3. The maximum absolute atomic E-state index is 11.1. The van der Waals surface area contributed by atoms with Gasteiger partial charge in [-0.1, -0.05) is 23.2 Å². The fraction of sp³-hybridized carbons (Fsp3) is 0.182. The summed E-state index contributed by atoms with van der Waals surface area (Å²) in [5.74, 6) is -0.331. The fourth-order valence-electron chi connectivity index (χ4n) is 1.29. The molecule has 94 valence electrons. The molecule has 4 nitrogen and oxygen atoms in total. The number of esters is 1. The van der Waals surface area contributed by atoms with Gasteiger partial charge in [-0.15, -0.1) is 11.3 Å². The molecule has 2 rings (SSSR count). The van der Waals surface area contributed by atoms with Crippen LogP contribution in [0, 0.1) is 0 Å². The second-order valence-corrected chi connectivity index (χ2v) is 5.08. The number of nitrogens with zero attached hydrogens (tertiary/aromatic N) is 2. The van der Waals surface area contributed by atoms with E-state index in [0.717, 1.165) is 0 Å². The van der Waals surface area contributed by atoms with E-state index < -0.39 is 0 Å². The van der Waals surface area contributed by atoms with Crippen LogP contribution in [-0.2, 0) is 16.0 Å². The van der Waals surface area contributed by atoms with Crippen molar-refractivity contribution in [1.29, 1.82) is 0 Å². The first kappa shape index (κ1) is 13.3. The zero-order chi connectivity index (χ0) is 13.1. The number of methoxy groups -OCH3 is 1. The van der Waals surface area contributed by atoms with Crippen molar-refractivity contribution >= 4 is 40.5 Å². The maximum Gasteiger partial charge on any atom is 0.311 e. The van der Waals surface area contributed by atoms with Crippen molar-refractivity contribution in [1.82, 2.24) is 9.97 Å². The van der Waals surface area contributed by atoms with E-state index in [1.54, 1.807) is 11.4 Å². The predicted octanol–water partition coefficient (Wildman–Crippen LogP) is 3.23. The van der Waals surface area contributed by atoms with Crippen LogP contribution in [0.2, 0.25) is 10.0 Å². The Labute approximate surface area is 118 Å². The Bertz CT molecular complexity index is 586. The Balaban J connectivity index is 2.26. The monoisotopic (exact) mass is 302 g/mol. The van der Waals surface area contributed by atoms with Crippen LogP contribution < -0.4 is 0 Å². The molecular formula is C11H8Cl2N2O2S. The number of halogens is 2. The van der Waals surface area contributed by atoms with Crippen LogP contribution in [-0.4, -0.2) is 23.0 Å². The van der Waals surface area contributed by atoms with E-state index >= 15 is 0 Å². The van der Waals surface area contributed by atoms with Crippen molar-refractivity contribution < 1.29 is 9.53 Å². The fourth-order valence-corrected chi connectivity index (χ4v) is 2.64. The quantitative estimate of drug-likeness (QED) is 0.817. The van der Waals surface area contributed by atoms with Gasteiger partial charge in [-0.05, 0) is 6.07 Å². The SMILES string of the molecule is COC(=O)Cc1csc(-c2ncc(Cl)cc2Cl)n1. The topological polar surface area (TPSA) is 52.1 Å². The molecule has 0 saturated carbocycles. The molecule has 0 aliphatic carbocycles. The first-order valence-electron chi connectivity index (χ1n) is 4.93. The molecule has 0 amide bonds. The lowest BCUT2D eigenvalue weighted by molar-refractivity contribution is -0.139. The number of aromatic nitrogens is 2. The van der Waals surface area contributed by atoms with Gasteiger partial charge in [0, 0.05) is 11.6 Å². The van der Waals surface area contributed by atoms with E-state index in [2.05, 4.69) is 14.7 Å². The van der Waals surface area contributed by atoms with Gasteiger partial charge in [-0.3, -0.25) is 9.78 Å². The van der Waals surface area contributed by atoms with Crippen LogP contribution in [0.15, 0.2) is 17.6 Å². The zero-order valence-corrected chi connectivity index (χ0v) is 11.6. The summed E-state index contributed by atoms with van der Waals surface area (Å²) in [6, 6.07) is 1.60. The lowest BCUT2D eigenvalue weighted by Gasteiger charge is -1.99. The third-order valence-electron chi connectivity index (χ3n) is 2.12. The standard InChI is InChI=1S/C11H8Cl2N2O2S/c1-17-9(16)3-7-5-18-11(15-7)10-8(13)2-6(12)4-14-10/h2,4-5H,3H2,1H3. The molecular weight excluding hydrogens is 295 g/mol. The van der Waals surface area contributed by atoms with E-state index in [1.807, 2.05) is 0 Å². The van der Waals surface area contributed by atoms with Gasteiger partial charge in [0.1, 0.15) is 10.7 Å². The van der Waals surface area contributed by atoms with Gasteiger partial charge < -0.3 is 4.74 Å². The molecule has 0 fully saturated rings. The minimum absolute atomic E-state index is 0.137. The van der Waals surface area contributed by atoms with Gasteiger partial charge in [0.15, 0.2) is 0 Å². The number of carbonyl (C=O) groups excluding carboxylic acids is 1. The molecule has 0 atom stereocenters. The van der Waals surface area contributed by atoms with Gasteiger partial charge in [0.25, 0.3) is 0 Å².